The first-order valence-electron chi connectivity index (χ1n) is 8.09. The van der Waals surface area contributed by atoms with Crippen molar-refractivity contribution in [2.75, 3.05) is 13.1 Å². The van der Waals surface area contributed by atoms with Crippen LogP contribution in [-0.4, -0.2) is 35.7 Å². The van der Waals surface area contributed by atoms with E-state index in [1.165, 1.54) is 16.7 Å². The fraction of sp³-hybridized carbons (Fsp3) is 0.556. The van der Waals surface area contributed by atoms with Gasteiger partial charge in [-0.3, -0.25) is 4.79 Å². The number of likely N-dealkylation sites (tertiary alicyclic amines) is 1. The van der Waals surface area contributed by atoms with Crippen molar-refractivity contribution in [2.24, 2.45) is 11.1 Å². The van der Waals surface area contributed by atoms with Crippen molar-refractivity contribution in [1.29, 1.82) is 0 Å². The Balaban J connectivity index is 1.84. The number of nitrogens with zero attached hydrogens (tertiary/aromatic N) is 2. The third kappa shape index (κ3) is 2.51. The highest BCUT2D eigenvalue weighted by Gasteiger charge is 2.40. The Morgan fingerprint density at radius 1 is 1.18 bits per heavy atom. The van der Waals surface area contributed by atoms with Crippen LogP contribution in [0.4, 0.5) is 0 Å². The van der Waals surface area contributed by atoms with E-state index >= 15 is 0 Å². The number of oxime groups is 1. The van der Waals surface area contributed by atoms with E-state index in [-0.39, 0.29) is 11.8 Å². The topological polar surface area (TPSA) is 41.9 Å². The third-order valence-electron chi connectivity index (χ3n) is 4.74. The van der Waals surface area contributed by atoms with Gasteiger partial charge in [-0.2, -0.15) is 0 Å². The number of hydrogen-bond donors (Lipinski definition) is 0. The smallest absolute Gasteiger partial charge is 0.267 e. The molecule has 2 heterocycles. The summed E-state index contributed by atoms with van der Waals surface area (Å²) in [5.41, 5.74) is 5.68. The predicted molar refractivity (Wildman–Crippen MR) is 87.0 cm³/mol. The predicted octanol–water partition coefficient (Wildman–Crippen LogP) is 2.97. The van der Waals surface area contributed by atoms with E-state index in [4.69, 9.17) is 4.84 Å². The zero-order chi connectivity index (χ0) is 15.9. The standard InChI is InChI=1S/C18H24N2O2/c1-11-9-12(2)15(13(3)10-11)16-14(4)17(22-19-16)18(21)20-7-5-6-8-20/h9-10,14,17H,5-8H2,1-4H3/t14-,17-/m1/s1. The number of carbonyl (C=O) groups is 1. The van der Waals surface area contributed by atoms with E-state index in [9.17, 15) is 4.79 Å². The Hall–Kier alpha value is -1.84. The van der Waals surface area contributed by atoms with Crippen LogP contribution in [-0.2, 0) is 9.63 Å². The van der Waals surface area contributed by atoms with Crippen molar-refractivity contribution in [2.45, 2.75) is 46.6 Å². The van der Waals surface area contributed by atoms with E-state index in [0.717, 1.165) is 37.2 Å². The van der Waals surface area contributed by atoms with Crippen LogP contribution in [0.25, 0.3) is 0 Å². The lowest BCUT2D eigenvalue weighted by Crippen LogP contribution is -2.41. The molecule has 2 aliphatic rings. The van der Waals surface area contributed by atoms with Gasteiger partial charge in [0.05, 0.1) is 11.6 Å². The van der Waals surface area contributed by atoms with Gasteiger partial charge in [0.1, 0.15) is 0 Å². The summed E-state index contributed by atoms with van der Waals surface area (Å²) in [5.74, 6) is 0.0828. The first-order valence-corrected chi connectivity index (χ1v) is 8.09. The van der Waals surface area contributed by atoms with Gasteiger partial charge in [0.2, 0.25) is 6.10 Å². The van der Waals surface area contributed by atoms with Crippen molar-refractivity contribution in [3.63, 3.8) is 0 Å². The minimum absolute atomic E-state index is 0.00629. The molecule has 118 valence electrons. The number of aryl methyl sites for hydroxylation is 3. The number of benzene rings is 1. The molecule has 1 saturated heterocycles. The van der Waals surface area contributed by atoms with Crippen LogP contribution in [0.2, 0.25) is 0 Å². The Kier molecular flexibility index (Phi) is 3.94. The average molecular weight is 300 g/mol. The van der Waals surface area contributed by atoms with Gasteiger partial charge in [0.15, 0.2) is 0 Å². The fourth-order valence-corrected chi connectivity index (χ4v) is 3.67. The van der Waals surface area contributed by atoms with Gasteiger partial charge in [-0.05, 0) is 44.7 Å². The molecule has 0 aliphatic carbocycles. The van der Waals surface area contributed by atoms with Gasteiger partial charge < -0.3 is 9.74 Å². The van der Waals surface area contributed by atoms with Crippen LogP contribution in [0, 0.1) is 26.7 Å². The molecule has 1 aromatic carbocycles. The molecule has 0 spiro atoms. The maximum absolute atomic E-state index is 12.6. The summed E-state index contributed by atoms with van der Waals surface area (Å²) in [5, 5.41) is 4.28. The van der Waals surface area contributed by atoms with E-state index in [0.29, 0.717) is 0 Å². The summed E-state index contributed by atoms with van der Waals surface area (Å²) in [7, 11) is 0. The second-order valence-electron chi connectivity index (χ2n) is 6.60. The van der Waals surface area contributed by atoms with Crippen LogP contribution in [0.1, 0.15) is 42.0 Å². The van der Waals surface area contributed by atoms with E-state index in [2.05, 4.69) is 38.1 Å². The van der Waals surface area contributed by atoms with E-state index in [1.807, 2.05) is 11.8 Å². The van der Waals surface area contributed by atoms with Crippen molar-refractivity contribution in [1.82, 2.24) is 4.90 Å². The largest absolute Gasteiger partial charge is 0.381 e. The van der Waals surface area contributed by atoms with Crippen LogP contribution in [0.5, 0.6) is 0 Å². The zero-order valence-corrected chi connectivity index (χ0v) is 13.8. The molecular formula is C18H24N2O2. The molecule has 3 rings (SSSR count). The summed E-state index contributed by atoms with van der Waals surface area (Å²) in [4.78, 5) is 20.0. The molecule has 1 fully saturated rings. The highest BCUT2D eigenvalue weighted by molar-refractivity contribution is 6.07. The summed E-state index contributed by atoms with van der Waals surface area (Å²) in [6.07, 6.45) is 1.72. The molecule has 1 aromatic rings. The average Bonchev–Trinajstić information content (AvgIpc) is 3.08. The molecule has 4 heteroatoms. The quantitative estimate of drug-likeness (QED) is 0.842. The molecule has 0 unspecified atom stereocenters. The van der Waals surface area contributed by atoms with Gasteiger partial charge >= 0.3 is 0 Å². The zero-order valence-electron chi connectivity index (χ0n) is 13.8. The van der Waals surface area contributed by atoms with Crippen molar-refractivity contribution < 1.29 is 9.63 Å². The highest BCUT2D eigenvalue weighted by Crippen LogP contribution is 2.29. The number of hydrogen-bond acceptors (Lipinski definition) is 3. The van der Waals surface area contributed by atoms with Gasteiger partial charge in [-0.15, -0.1) is 0 Å². The molecule has 0 N–H and O–H groups in total. The molecule has 0 bridgehead atoms. The number of rotatable bonds is 2. The Morgan fingerprint density at radius 3 is 2.36 bits per heavy atom. The molecular weight excluding hydrogens is 276 g/mol. The maximum atomic E-state index is 12.6. The molecule has 22 heavy (non-hydrogen) atoms. The van der Waals surface area contributed by atoms with Gasteiger partial charge in [0, 0.05) is 18.7 Å². The monoisotopic (exact) mass is 300 g/mol. The van der Waals surface area contributed by atoms with Crippen molar-refractivity contribution >= 4 is 11.6 Å². The number of carbonyl (C=O) groups excluding carboxylic acids is 1. The van der Waals surface area contributed by atoms with Gasteiger partial charge in [-0.1, -0.05) is 29.8 Å². The molecule has 2 aliphatic heterocycles. The van der Waals surface area contributed by atoms with Crippen LogP contribution < -0.4 is 0 Å². The van der Waals surface area contributed by atoms with Crippen molar-refractivity contribution in [3.8, 4) is 0 Å². The molecule has 1 amide bonds. The normalized spacial score (nSPS) is 24.4. The first kappa shape index (κ1) is 15.1. The SMILES string of the molecule is Cc1cc(C)c(C2=NO[C@@H](C(=O)N3CCCC3)[C@@H]2C)c(C)c1. The fourth-order valence-electron chi connectivity index (χ4n) is 3.67. The van der Waals surface area contributed by atoms with Crippen LogP contribution >= 0.6 is 0 Å². The van der Waals surface area contributed by atoms with E-state index < -0.39 is 6.10 Å². The third-order valence-corrected chi connectivity index (χ3v) is 4.74. The van der Waals surface area contributed by atoms with Crippen LogP contribution in [0.3, 0.4) is 0 Å². The Bertz CT molecular complexity index is 607. The Morgan fingerprint density at radius 2 is 1.77 bits per heavy atom. The minimum Gasteiger partial charge on any atom is -0.381 e. The van der Waals surface area contributed by atoms with Gasteiger partial charge in [-0.25, -0.2) is 0 Å². The minimum atomic E-state index is -0.465. The lowest BCUT2D eigenvalue weighted by atomic mass is 9.87. The van der Waals surface area contributed by atoms with Gasteiger partial charge in [0.25, 0.3) is 5.91 Å². The first-order chi connectivity index (χ1) is 10.5. The lowest BCUT2D eigenvalue weighted by molar-refractivity contribution is -0.142. The molecule has 0 radical (unpaired) electrons. The lowest BCUT2D eigenvalue weighted by Gasteiger charge is -2.21. The molecule has 2 atom stereocenters. The second kappa shape index (κ2) is 5.75. The summed E-state index contributed by atoms with van der Waals surface area (Å²) >= 11 is 0. The summed E-state index contributed by atoms with van der Waals surface area (Å²) < 4.78 is 0. The Labute approximate surface area is 132 Å². The summed E-state index contributed by atoms with van der Waals surface area (Å²) in [6.45, 7) is 10.0. The molecule has 4 nitrogen and oxygen atoms in total. The summed E-state index contributed by atoms with van der Waals surface area (Å²) in [6, 6.07) is 4.32. The van der Waals surface area contributed by atoms with Crippen molar-refractivity contribution in [3.05, 3.63) is 34.4 Å². The highest BCUT2D eigenvalue weighted by atomic mass is 16.6. The molecule has 0 aromatic heterocycles. The van der Waals surface area contributed by atoms with Crippen LogP contribution in [0.15, 0.2) is 17.3 Å². The molecule has 0 saturated carbocycles. The maximum Gasteiger partial charge on any atom is 0.267 e. The van der Waals surface area contributed by atoms with E-state index in [1.54, 1.807) is 0 Å². The number of amides is 1. The second-order valence-corrected chi connectivity index (χ2v) is 6.60.